The number of fused-ring (bicyclic) bond motifs is 2. The minimum Gasteiger partial charge on any atom is -0.481 e. The van der Waals surface area contributed by atoms with Crippen molar-refractivity contribution in [3.8, 4) is 0 Å². The summed E-state index contributed by atoms with van der Waals surface area (Å²) in [5, 5.41) is 12.1. The van der Waals surface area contributed by atoms with E-state index >= 15 is 0 Å². The summed E-state index contributed by atoms with van der Waals surface area (Å²) in [6.07, 6.45) is 3.33. The van der Waals surface area contributed by atoms with Crippen molar-refractivity contribution in [1.82, 2.24) is 5.32 Å². The summed E-state index contributed by atoms with van der Waals surface area (Å²) in [6.45, 7) is 0.424. The molecule has 2 fully saturated rings. The number of hydrogen-bond acceptors (Lipinski definition) is 4. The molecule has 2 aliphatic carbocycles. The number of aliphatic carboxylic acids is 1. The highest BCUT2D eigenvalue weighted by atomic mass is 16.5. The first-order chi connectivity index (χ1) is 9.04. The van der Waals surface area contributed by atoms with E-state index in [2.05, 4.69) is 5.32 Å². The number of carbonyl (C=O) groups is 2. The maximum absolute atomic E-state index is 12.0. The molecule has 0 radical (unpaired) electrons. The van der Waals surface area contributed by atoms with Gasteiger partial charge in [0.25, 0.3) is 0 Å². The number of amides is 1. The van der Waals surface area contributed by atoms with Crippen molar-refractivity contribution in [3.05, 3.63) is 0 Å². The molecule has 2 aliphatic rings. The fraction of sp³-hybridized carbons (Fsp3) is 0.846. The summed E-state index contributed by atoms with van der Waals surface area (Å²) >= 11 is 0. The van der Waals surface area contributed by atoms with E-state index in [-0.39, 0.29) is 17.9 Å². The normalized spacial score (nSPS) is 34.2. The third kappa shape index (κ3) is 2.90. The summed E-state index contributed by atoms with van der Waals surface area (Å²) < 4.78 is 4.89. The second kappa shape index (κ2) is 5.88. The Bertz CT molecular complexity index is 361. The third-order valence-electron chi connectivity index (χ3n) is 4.48. The van der Waals surface area contributed by atoms with Gasteiger partial charge in [-0.25, -0.2) is 0 Å². The van der Waals surface area contributed by atoms with E-state index in [1.807, 2.05) is 0 Å². The van der Waals surface area contributed by atoms with Gasteiger partial charge in [0.05, 0.1) is 12.0 Å². The quantitative estimate of drug-likeness (QED) is 0.629. The summed E-state index contributed by atoms with van der Waals surface area (Å²) in [4.78, 5) is 23.3. The fourth-order valence-corrected chi connectivity index (χ4v) is 3.50. The Morgan fingerprint density at radius 2 is 2.11 bits per heavy atom. The van der Waals surface area contributed by atoms with Gasteiger partial charge in [-0.15, -0.1) is 0 Å². The van der Waals surface area contributed by atoms with Crippen molar-refractivity contribution in [3.63, 3.8) is 0 Å². The Balaban J connectivity index is 1.94. The predicted molar refractivity (Wildman–Crippen MR) is 68.4 cm³/mol. The smallest absolute Gasteiger partial charge is 0.308 e. The van der Waals surface area contributed by atoms with Crippen LogP contribution in [0.3, 0.4) is 0 Å². The number of ether oxygens (including phenoxy) is 1. The van der Waals surface area contributed by atoms with Crippen molar-refractivity contribution in [2.45, 2.75) is 37.8 Å². The fourth-order valence-electron chi connectivity index (χ4n) is 3.50. The second-order valence-corrected chi connectivity index (χ2v) is 5.62. The molecule has 19 heavy (non-hydrogen) atoms. The van der Waals surface area contributed by atoms with Gasteiger partial charge in [0.15, 0.2) is 0 Å². The Morgan fingerprint density at radius 1 is 1.42 bits per heavy atom. The molecule has 5 atom stereocenters. The van der Waals surface area contributed by atoms with Gasteiger partial charge >= 0.3 is 5.97 Å². The van der Waals surface area contributed by atoms with E-state index in [0.717, 1.165) is 19.3 Å². The molecule has 6 heteroatoms. The van der Waals surface area contributed by atoms with Gasteiger partial charge in [-0.2, -0.15) is 0 Å². The molecule has 0 spiro atoms. The van der Waals surface area contributed by atoms with Crippen molar-refractivity contribution >= 4 is 11.9 Å². The number of carboxylic acid groups (broad SMARTS) is 1. The van der Waals surface area contributed by atoms with Crippen LogP contribution in [-0.4, -0.2) is 42.8 Å². The highest BCUT2D eigenvalue weighted by Gasteiger charge is 2.51. The molecule has 0 aromatic heterocycles. The second-order valence-electron chi connectivity index (χ2n) is 5.62. The van der Waals surface area contributed by atoms with Crippen LogP contribution in [0.25, 0.3) is 0 Å². The highest BCUT2D eigenvalue weighted by molar-refractivity contribution is 5.83. The number of nitrogens with one attached hydrogen (secondary N) is 1. The maximum atomic E-state index is 12.0. The lowest BCUT2D eigenvalue weighted by atomic mass is 9.84. The van der Waals surface area contributed by atoms with Crippen molar-refractivity contribution in [2.24, 2.45) is 23.5 Å². The maximum Gasteiger partial charge on any atom is 0.308 e. The van der Waals surface area contributed by atoms with Crippen LogP contribution in [0.15, 0.2) is 0 Å². The van der Waals surface area contributed by atoms with E-state index in [9.17, 15) is 14.7 Å². The van der Waals surface area contributed by atoms with E-state index in [1.54, 1.807) is 7.11 Å². The molecule has 2 rings (SSSR count). The largest absolute Gasteiger partial charge is 0.481 e. The average Bonchev–Trinajstić information content (AvgIpc) is 2.96. The van der Waals surface area contributed by atoms with Crippen LogP contribution in [0.1, 0.15) is 25.7 Å². The monoisotopic (exact) mass is 270 g/mol. The molecule has 0 heterocycles. The first kappa shape index (κ1) is 14.3. The Morgan fingerprint density at radius 3 is 2.74 bits per heavy atom. The summed E-state index contributed by atoms with van der Waals surface area (Å²) in [7, 11) is 1.56. The molecule has 5 unspecified atom stereocenters. The number of methoxy groups -OCH3 is 1. The predicted octanol–water partition coefficient (Wildman–Crippen LogP) is -0.0343. The molecule has 1 amide bonds. The summed E-state index contributed by atoms with van der Waals surface area (Å²) in [5.41, 5.74) is 5.76. The van der Waals surface area contributed by atoms with Crippen LogP contribution in [0.2, 0.25) is 0 Å². The van der Waals surface area contributed by atoms with E-state index < -0.39 is 17.9 Å². The first-order valence-electron chi connectivity index (χ1n) is 6.82. The zero-order valence-corrected chi connectivity index (χ0v) is 11.2. The molecule has 108 valence electrons. The molecule has 0 saturated heterocycles. The zero-order chi connectivity index (χ0) is 14.0. The van der Waals surface area contributed by atoms with Crippen molar-refractivity contribution < 1.29 is 19.4 Å². The Kier molecular flexibility index (Phi) is 4.42. The number of nitrogens with two attached hydrogens (primary N) is 1. The zero-order valence-electron chi connectivity index (χ0n) is 11.2. The Hall–Kier alpha value is -1.14. The minimum absolute atomic E-state index is 0.211. The summed E-state index contributed by atoms with van der Waals surface area (Å²) in [5.74, 6) is -1.01. The van der Waals surface area contributed by atoms with Crippen LogP contribution in [-0.2, 0) is 14.3 Å². The molecule has 6 nitrogen and oxygen atoms in total. The molecule has 0 aromatic rings. The summed E-state index contributed by atoms with van der Waals surface area (Å²) in [6, 6.07) is -0.883. The van der Waals surface area contributed by atoms with Gasteiger partial charge in [-0.1, -0.05) is 0 Å². The highest BCUT2D eigenvalue weighted by Crippen LogP contribution is 2.48. The average molecular weight is 270 g/mol. The lowest BCUT2D eigenvalue weighted by molar-refractivity contribution is -0.144. The van der Waals surface area contributed by atoms with Crippen molar-refractivity contribution in [1.29, 1.82) is 0 Å². The van der Waals surface area contributed by atoms with Gasteiger partial charge in [0, 0.05) is 19.8 Å². The molecule has 0 aliphatic heterocycles. The standard InChI is InChI=1S/C13H22N2O4/c1-19-5-4-9(14)12(16)15-11-8-3-2-7(6-8)10(11)13(17)18/h7-11H,2-6,14H2,1H3,(H,15,16)(H,17,18). The van der Waals surface area contributed by atoms with Crippen molar-refractivity contribution in [2.75, 3.05) is 13.7 Å². The first-order valence-corrected chi connectivity index (χ1v) is 6.82. The van der Waals surface area contributed by atoms with Gasteiger partial charge in [-0.05, 0) is 37.5 Å². The molecule has 0 aromatic carbocycles. The molecule has 2 bridgehead atoms. The third-order valence-corrected chi connectivity index (χ3v) is 4.48. The van der Waals surface area contributed by atoms with E-state index in [4.69, 9.17) is 10.5 Å². The van der Waals surface area contributed by atoms with Gasteiger partial charge in [-0.3, -0.25) is 9.59 Å². The van der Waals surface area contributed by atoms with Gasteiger partial charge < -0.3 is 20.9 Å². The van der Waals surface area contributed by atoms with Gasteiger partial charge in [0.1, 0.15) is 0 Å². The SMILES string of the molecule is COCCC(N)C(=O)NC1C2CCC(C2)C1C(=O)O. The van der Waals surface area contributed by atoms with Crippen LogP contribution >= 0.6 is 0 Å². The Labute approximate surface area is 112 Å². The minimum atomic E-state index is -0.803. The lowest BCUT2D eigenvalue weighted by Crippen LogP contribution is -2.52. The topological polar surface area (TPSA) is 102 Å². The molecular formula is C13H22N2O4. The van der Waals surface area contributed by atoms with Gasteiger partial charge in [0.2, 0.25) is 5.91 Å². The van der Waals surface area contributed by atoms with Crippen LogP contribution < -0.4 is 11.1 Å². The molecular weight excluding hydrogens is 248 g/mol. The van der Waals surface area contributed by atoms with Crippen LogP contribution in [0.5, 0.6) is 0 Å². The van der Waals surface area contributed by atoms with Crippen LogP contribution in [0.4, 0.5) is 0 Å². The number of hydrogen-bond donors (Lipinski definition) is 3. The molecule has 4 N–H and O–H groups in total. The van der Waals surface area contributed by atoms with Crippen LogP contribution in [0, 0.1) is 17.8 Å². The van der Waals surface area contributed by atoms with E-state index in [1.165, 1.54) is 0 Å². The van der Waals surface area contributed by atoms with E-state index in [0.29, 0.717) is 18.9 Å². The number of carboxylic acids is 1. The molecule has 2 saturated carbocycles. The number of carbonyl (C=O) groups excluding carboxylic acids is 1. The lowest BCUT2D eigenvalue weighted by Gasteiger charge is -2.29. The number of rotatable bonds is 6.